The molecule has 5 heteroatoms. The molecule has 0 aromatic rings. The number of hydrogen-bond donors (Lipinski definition) is 0. The van der Waals surface area contributed by atoms with Crippen LogP contribution in [-0.4, -0.2) is 0 Å². The number of rotatable bonds is 0. The van der Waals surface area contributed by atoms with Crippen LogP contribution in [0.4, 0.5) is 0 Å². The maximum absolute atomic E-state index is 4.73. The zero-order valence-corrected chi connectivity index (χ0v) is 5.78. The molecule has 0 aliphatic carbocycles. The van der Waals surface area contributed by atoms with Crippen LogP contribution in [0.3, 0.4) is 0 Å². The predicted octanol–water partition coefficient (Wildman–Crippen LogP) is -4.62. The van der Waals surface area contributed by atoms with E-state index in [2.05, 4.69) is 0 Å². The van der Waals surface area contributed by atoms with Crippen molar-refractivity contribution in [2.24, 2.45) is 0 Å². The fourth-order valence-electron chi connectivity index (χ4n) is 0. The topological polar surface area (TPSA) is 0 Å². The first-order valence-electron chi connectivity index (χ1n) is 0.252. The van der Waals surface area contributed by atoms with Crippen LogP contribution < -0.4 is 31.3 Å². The molecule has 0 saturated heterocycles. The Morgan fingerprint density at radius 3 is 1.20 bits per heavy atom. The average molecular weight is 172 g/mol. The van der Waals surface area contributed by atoms with Gasteiger partial charge in [0.05, 0.1) is 0 Å². The second-order valence-electron chi connectivity index (χ2n) is 0.0476. The van der Waals surface area contributed by atoms with E-state index in [1.165, 1.54) is 0 Å². The SMILES string of the molecule is [Cl-].[Cl][Co][Cl].[Li+]. The zero-order valence-electron chi connectivity index (χ0n) is 2.47. The molecule has 0 aliphatic heterocycles. The van der Waals surface area contributed by atoms with Gasteiger partial charge < -0.3 is 12.4 Å². The summed E-state index contributed by atoms with van der Waals surface area (Å²) in [7, 11) is 9.47. The van der Waals surface area contributed by atoms with E-state index in [1.807, 2.05) is 0 Å². The van der Waals surface area contributed by atoms with E-state index in [-0.39, 0.29) is 31.3 Å². The molecule has 0 N–H and O–H groups in total. The summed E-state index contributed by atoms with van der Waals surface area (Å²) in [5.74, 6) is 0. The minimum absolute atomic E-state index is 0. The van der Waals surface area contributed by atoms with E-state index in [0.29, 0.717) is 12.9 Å². The van der Waals surface area contributed by atoms with Gasteiger partial charge >= 0.3 is 52.0 Å². The van der Waals surface area contributed by atoms with Crippen LogP contribution in [-0.2, 0) is 12.9 Å². The van der Waals surface area contributed by atoms with Gasteiger partial charge in [-0.25, -0.2) is 0 Å². The Labute approximate surface area is 64.0 Å². The molecule has 0 atom stereocenters. The third-order valence-corrected chi connectivity index (χ3v) is 0. The molecule has 0 aromatic heterocycles. The first-order chi connectivity index (χ1) is 1.41. The third kappa shape index (κ3) is 24.2. The van der Waals surface area contributed by atoms with E-state index in [0.717, 1.165) is 0 Å². The Morgan fingerprint density at radius 2 is 1.20 bits per heavy atom. The van der Waals surface area contributed by atoms with E-state index in [9.17, 15) is 0 Å². The van der Waals surface area contributed by atoms with Crippen molar-refractivity contribution >= 4 is 20.3 Å². The molecule has 0 saturated carbocycles. The minimum Gasteiger partial charge on any atom is 1.00 e. The zero-order chi connectivity index (χ0) is 2.71. The Bertz CT molecular complexity index is 6.85. The van der Waals surface area contributed by atoms with Gasteiger partial charge in [-0.2, -0.15) is 0 Å². The predicted molar refractivity (Wildman–Crippen MR) is 11.7 cm³/mol. The van der Waals surface area contributed by atoms with E-state index < -0.39 is 0 Å². The molecule has 5 heavy (non-hydrogen) atoms. The van der Waals surface area contributed by atoms with Crippen molar-refractivity contribution in [3.8, 4) is 0 Å². The largest absolute Gasteiger partial charge is 1.00 e. The Morgan fingerprint density at radius 1 is 1.20 bits per heavy atom. The van der Waals surface area contributed by atoms with Gasteiger partial charge in [-0.3, -0.25) is 0 Å². The van der Waals surface area contributed by atoms with Crippen molar-refractivity contribution in [2.45, 2.75) is 0 Å². The van der Waals surface area contributed by atoms with E-state index in [1.54, 1.807) is 0 Å². The first-order valence-corrected chi connectivity index (χ1v) is 3.12. The molecule has 0 amide bonds. The second-order valence-corrected chi connectivity index (χ2v) is 1.77. The van der Waals surface area contributed by atoms with Gasteiger partial charge in [-0.05, 0) is 0 Å². The summed E-state index contributed by atoms with van der Waals surface area (Å²) >= 11 is 0.382. The van der Waals surface area contributed by atoms with Gasteiger partial charge in [-0.1, -0.05) is 0 Å². The quantitative estimate of drug-likeness (QED) is 0.323. The van der Waals surface area contributed by atoms with Crippen LogP contribution in [0.15, 0.2) is 0 Å². The summed E-state index contributed by atoms with van der Waals surface area (Å²) in [6, 6.07) is 0. The van der Waals surface area contributed by atoms with Gasteiger partial charge in [0, 0.05) is 0 Å². The Balaban J connectivity index is -0.0000000200. The third-order valence-electron chi connectivity index (χ3n) is 0. The second kappa shape index (κ2) is 16.7. The summed E-state index contributed by atoms with van der Waals surface area (Å²) in [6.07, 6.45) is 0. The normalized spacial score (nSPS) is 4.40. The monoisotopic (exact) mass is 171 g/mol. The molecule has 0 aliphatic rings. The number of hydrogen-bond acceptors (Lipinski definition) is 0. The standard InChI is InChI=1S/3ClH.Co.Li/h3*1H;;/q;;;+2;+1/p-3. The van der Waals surface area contributed by atoms with Crippen molar-refractivity contribution in [1.82, 2.24) is 0 Å². The van der Waals surface area contributed by atoms with Gasteiger partial charge in [0.2, 0.25) is 0 Å². The summed E-state index contributed by atoms with van der Waals surface area (Å²) in [5.41, 5.74) is 0. The van der Waals surface area contributed by atoms with Crippen molar-refractivity contribution in [3.63, 3.8) is 0 Å². The molecule has 0 radical (unpaired) electrons. The van der Waals surface area contributed by atoms with Crippen LogP contribution >= 0.6 is 20.3 Å². The Kier molecular flexibility index (Phi) is 52.7. The Hall–Kier alpha value is 1.97. The molecule has 0 fully saturated rings. The van der Waals surface area contributed by atoms with Crippen molar-refractivity contribution in [1.29, 1.82) is 0 Å². The molecule has 0 aromatic carbocycles. The van der Waals surface area contributed by atoms with Crippen LogP contribution in [0.5, 0.6) is 0 Å². The minimum atomic E-state index is 0. The molecule has 0 nitrogen and oxygen atoms in total. The van der Waals surface area contributed by atoms with Gasteiger partial charge in [0.1, 0.15) is 0 Å². The fraction of sp³-hybridized carbons (Fsp3) is 0. The van der Waals surface area contributed by atoms with Gasteiger partial charge in [0.15, 0.2) is 0 Å². The van der Waals surface area contributed by atoms with E-state index >= 15 is 0 Å². The van der Waals surface area contributed by atoms with Crippen LogP contribution in [0.2, 0.25) is 0 Å². The summed E-state index contributed by atoms with van der Waals surface area (Å²) in [4.78, 5) is 0. The smallest absolute Gasteiger partial charge is 1.00 e. The van der Waals surface area contributed by atoms with Crippen LogP contribution in [0.25, 0.3) is 0 Å². The molecule has 0 rings (SSSR count). The summed E-state index contributed by atoms with van der Waals surface area (Å²) in [6.45, 7) is 0. The first kappa shape index (κ1) is 15.8. The molecular formula is Cl3CoLi. The average Bonchev–Trinajstić information content (AvgIpc) is 0.918. The fourth-order valence-corrected chi connectivity index (χ4v) is 0. The molecular weight excluding hydrogens is 172 g/mol. The van der Waals surface area contributed by atoms with Gasteiger partial charge in [-0.15, -0.1) is 0 Å². The van der Waals surface area contributed by atoms with Crippen molar-refractivity contribution in [2.75, 3.05) is 0 Å². The molecule has 31 valence electrons. The maximum atomic E-state index is 4.73. The van der Waals surface area contributed by atoms with Crippen LogP contribution in [0.1, 0.15) is 0 Å². The molecule has 0 bridgehead atoms. The molecule has 0 unspecified atom stereocenters. The molecule has 0 spiro atoms. The van der Waals surface area contributed by atoms with Crippen LogP contribution in [0, 0.1) is 0 Å². The van der Waals surface area contributed by atoms with Gasteiger partial charge in [0.25, 0.3) is 0 Å². The number of halogens is 3. The maximum Gasteiger partial charge on any atom is 1.00 e. The summed E-state index contributed by atoms with van der Waals surface area (Å²) < 4.78 is 0. The van der Waals surface area contributed by atoms with Crippen molar-refractivity contribution in [3.05, 3.63) is 0 Å². The molecule has 0 heterocycles. The summed E-state index contributed by atoms with van der Waals surface area (Å²) in [5, 5.41) is 0. The van der Waals surface area contributed by atoms with E-state index in [4.69, 9.17) is 20.3 Å². The van der Waals surface area contributed by atoms with Crippen molar-refractivity contribution < 1.29 is 44.2 Å².